The summed E-state index contributed by atoms with van der Waals surface area (Å²) in [6.45, 7) is 1.53. The minimum absolute atomic E-state index is 0.0114. The summed E-state index contributed by atoms with van der Waals surface area (Å²) in [5.41, 5.74) is 1.02. The van der Waals surface area contributed by atoms with Crippen molar-refractivity contribution in [2.45, 2.75) is 35.6 Å². The van der Waals surface area contributed by atoms with Gasteiger partial charge in [0.05, 0.1) is 4.90 Å². The lowest BCUT2D eigenvalue weighted by Crippen LogP contribution is -2.30. The van der Waals surface area contributed by atoms with E-state index in [9.17, 15) is 8.42 Å². The predicted octanol–water partition coefficient (Wildman–Crippen LogP) is 4.74. The van der Waals surface area contributed by atoms with Gasteiger partial charge in [0.1, 0.15) is 0 Å². The summed E-state index contributed by atoms with van der Waals surface area (Å²) in [5, 5.41) is 0.475. The lowest BCUT2D eigenvalue weighted by atomic mass is 10.1. The van der Waals surface area contributed by atoms with E-state index in [4.69, 9.17) is 16.0 Å². The number of rotatable bonds is 5. The molecule has 2 heterocycles. The average molecular weight is 417 g/mol. The molecule has 146 valence electrons. The number of sulfone groups is 1. The van der Waals surface area contributed by atoms with Crippen molar-refractivity contribution >= 4 is 27.3 Å². The van der Waals surface area contributed by atoms with E-state index in [0.717, 1.165) is 37.9 Å². The molecule has 0 N–H and O–H groups in total. The molecule has 1 fully saturated rings. The Morgan fingerprint density at radius 3 is 2.32 bits per heavy atom. The van der Waals surface area contributed by atoms with Crippen molar-refractivity contribution in [3.05, 3.63) is 71.1 Å². The average Bonchev–Trinajstić information content (AvgIpc) is 3.14. The quantitative estimate of drug-likeness (QED) is 0.601. The second-order valence-electron chi connectivity index (χ2n) is 6.89. The van der Waals surface area contributed by atoms with Crippen molar-refractivity contribution in [2.75, 3.05) is 18.0 Å². The Morgan fingerprint density at radius 2 is 1.64 bits per heavy atom. The van der Waals surface area contributed by atoms with Crippen molar-refractivity contribution in [3.8, 4) is 0 Å². The molecule has 0 saturated carbocycles. The monoisotopic (exact) mass is 416 g/mol. The van der Waals surface area contributed by atoms with E-state index in [2.05, 4.69) is 4.98 Å². The number of piperidine rings is 1. The third kappa shape index (κ3) is 3.93. The molecule has 0 spiro atoms. The first-order chi connectivity index (χ1) is 13.5. The van der Waals surface area contributed by atoms with Gasteiger partial charge in [-0.3, -0.25) is 0 Å². The molecule has 0 atom stereocenters. The maximum atomic E-state index is 13.3. The Morgan fingerprint density at radius 1 is 0.964 bits per heavy atom. The molecule has 0 unspecified atom stereocenters. The number of nitrogens with zero attached hydrogens (tertiary/aromatic N) is 2. The molecule has 5 nitrogen and oxygen atoms in total. The lowest BCUT2D eigenvalue weighted by Gasteiger charge is -2.26. The number of hydrogen-bond donors (Lipinski definition) is 0. The van der Waals surface area contributed by atoms with Gasteiger partial charge >= 0.3 is 0 Å². The smallest absolute Gasteiger partial charge is 0.236 e. The van der Waals surface area contributed by atoms with Crippen LogP contribution in [0.2, 0.25) is 5.02 Å². The van der Waals surface area contributed by atoms with Gasteiger partial charge in [0, 0.05) is 24.5 Å². The van der Waals surface area contributed by atoms with Gasteiger partial charge in [-0.2, -0.15) is 4.98 Å². The molecule has 28 heavy (non-hydrogen) atoms. The fourth-order valence-electron chi connectivity index (χ4n) is 3.38. The minimum Gasteiger partial charge on any atom is -0.423 e. The van der Waals surface area contributed by atoms with Gasteiger partial charge in [0.2, 0.25) is 26.6 Å². The zero-order valence-corrected chi connectivity index (χ0v) is 16.9. The molecule has 1 aliphatic heterocycles. The van der Waals surface area contributed by atoms with Crippen LogP contribution in [0, 0.1) is 0 Å². The van der Waals surface area contributed by atoms with Gasteiger partial charge in [0.15, 0.2) is 0 Å². The van der Waals surface area contributed by atoms with E-state index in [1.807, 2.05) is 35.2 Å². The van der Waals surface area contributed by atoms with Gasteiger partial charge in [-0.25, -0.2) is 8.42 Å². The van der Waals surface area contributed by atoms with Crippen LogP contribution in [0.15, 0.2) is 68.9 Å². The number of benzene rings is 2. The molecule has 4 rings (SSSR count). The Labute approximate surface area is 169 Å². The fraction of sp³-hybridized carbons (Fsp3) is 0.286. The molecule has 3 aromatic rings. The van der Waals surface area contributed by atoms with Gasteiger partial charge in [-0.1, -0.05) is 41.9 Å². The van der Waals surface area contributed by atoms with Crippen molar-refractivity contribution in [3.63, 3.8) is 0 Å². The Balaban J connectivity index is 1.76. The van der Waals surface area contributed by atoms with Crippen LogP contribution in [0.5, 0.6) is 0 Å². The van der Waals surface area contributed by atoms with Crippen molar-refractivity contribution < 1.29 is 12.8 Å². The maximum absolute atomic E-state index is 13.3. The highest BCUT2D eigenvalue weighted by atomic mass is 35.5. The molecule has 1 saturated heterocycles. The Hall–Kier alpha value is -2.31. The standard InChI is InChI=1S/C21H21ClN2O3S/c22-17-9-11-18(12-10-17)28(25,26)20-21(24-13-5-2-6-14-24)27-19(23-20)15-16-7-3-1-4-8-16/h1,3-4,7-12H,2,5-6,13-15H2. The minimum atomic E-state index is -3.81. The first-order valence-corrected chi connectivity index (χ1v) is 11.2. The molecule has 2 aromatic carbocycles. The number of halogens is 1. The van der Waals surface area contributed by atoms with Gasteiger partial charge in [0.25, 0.3) is 0 Å². The molecule has 7 heteroatoms. The molecule has 1 aromatic heterocycles. The van der Waals surface area contributed by atoms with Crippen LogP contribution >= 0.6 is 11.6 Å². The van der Waals surface area contributed by atoms with E-state index < -0.39 is 9.84 Å². The highest BCUT2D eigenvalue weighted by molar-refractivity contribution is 7.91. The molecular formula is C21H21ClN2O3S. The second kappa shape index (κ2) is 7.97. The lowest BCUT2D eigenvalue weighted by molar-refractivity contribution is 0.468. The second-order valence-corrected chi connectivity index (χ2v) is 9.19. The zero-order valence-electron chi connectivity index (χ0n) is 15.3. The number of oxazole rings is 1. The van der Waals surface area contributed by atoms with Crippen LogP contribution in [0.1, 0.15) is 30.7 Å². The molecule has 0 aliphatic carbocycles. The first-order valence-electron chi connectivity index (χ1n) is 9.33. The Kier molecular flexibility index (Phi) is 5.42. The zero-order chi connectivity index (χ0) is 19.6. The molecule has 0 radical (unpaired) electrons. The topological polar surface area (TPSA) is 63.4 Å². The summed E-state index contributed by atoms with van der Waals surface area (Å²) in [5.74, 6) is 0.750. The van der Waals surface area contributed by atoms with E-state index >= 15 is 0 Å². The van der Waals surface area contributed by atoms with E-state index in [-0.39, 0.29) is 9.92 Å². The summed E-state index contributed by atoms with van der Waals surface area (Å²) in [4.78, 5) is 6.58. The third-order valence-corrected chi connectivity index (χ3v) is 6.76. The van der Waals surface area contributed by atoms with Crippen molar-refractivity contribution in [1.82, 2.24) is 4.98 Å². The summed E-state index contributed by atoms with van der Waals surface area (Å²) < 4.78 is 32.6. The fourth-order valence-corrected chi connectivity index (χ4v) is 4.85. The van der Waals surface area contributed by atoms with Crippen LogP contribution < -0.4 is 4.90 Å². The van der Waals surface area contributed by atoms with Crippen LogP contribution in [-0.2, 0) is 16.3 Å². The molecule has 0 amide bonds. The largest absolute Gasteiger partial charge is 0.423 e. The van der Waals surface area contributed by atoms with Crippen LogP contribution in [-0.4, -0.2) is 26.5 Å². The summed E-state index contributed by atoms with van der Waals surface area (Å²) in [7, 11) is -3.81. The summed E-state index contributed by atoms with van der Waals surface area (Å²) in [6.07, 6.45) is 3.60. The molecule has 0 bridgehead atoms. The van der Waals surface area contributed by atoms with E-state index in [0.29, 0.717) is 23.2 Å². The van der Waals surface area contributed by atoms with Crippen LogP contribution in [0.3, 0.4) is 0 Å². The number of aromatic nitrogens is 1. The van der Waals surface area contributed by atoms with Gasteiger partial charge < -0.3 is 9.32 Å². The third-order valence-electron chi connectivity index (χ3n) is 4.84. The molecule has 1 aliphatic rings. The highest BCUT2D eigenvalue weighted by Crippen LogP contribution is 2.33. The summed E-state index contributed by atoms with van der Waals surface area (Å²) >= 11 is 5.92. The van der Waals surface area contributed by atoms with Gasteiger partial charge in [-0.15, -0.1) is 0 Å². The van der Waals surface area contributed by atoms with Crippen LogP contribution in [0.4, 0.5) is 5.88 Å². The SMILES string of the molecule is O=S(=O)(c1ccc(Cl)cc1)c1nc(Cc2ccccc2)oc1N1CCCCC1. The summed E-state index contributed by atoms with van der Waals surface area (Å²) in [6, 6.07) is 15.9. The van der Waals surface area contributed by atoms with Crippen LogP contribution in [0.25, 0.3) is 0 Å². The number of anilines is 1. The normalized spacial score (nSPS) is 15.0. The van der Waals surface area contributed by atoms with E-state index in [1.54, 1.807) is 12.1 Å². The Bertz CT molecular complexity index is 1040. The predicted molar refractivity (Wildman–Crippen MR) is 109 cm³/mol. The maximum Gasteiger partial charge on any atom is 0.236 e. The first kappa shape index (κ1) is 19.0. The van der Waals surface area contributed by atoms with Crippen molar-refractivity contribution in [1.29, 1.82) is 0 Å². The molecular weight excluding hydrogens is 396 g/mol. The van der Waals surface area contributed by atoms with Crippen molar-refractivity contribution in [2.24, 2.45) is 0 Å². The van der Waals surface area contributed by atoms with Gasteiger partial charge in [-0.05, 0) is 49.1 Å². The number of hydrogen-bond acceptors (Lipinski definition) is 5. The van der Waals surface area contributed by atoms with E-state index in [1.165, 1.54) is 12.1 Å². The highest BCUT2D eigenvalue weighted by Gasteiger charge is 2.31.